The minimum atomic E-state index is -10.7. The van der Waals surface area contributed by atoms with E-state index in [4.69, 9.17) is 14.2 Å². The van der Waals surface area contributed by atoms with Gasteiger partial charge in [-0.3, -0.25) is 4.79 Å². The summed E-state index contributed by atoms with van der Waals surface area (Å²) in [4.78, 5) is 27.2. The van der Waals surface area contributed by atoms with Crippen LogP contribution in [-0.2, 0) is 14.3 Å². The van der Waals surface area contributed by atoms with Crippen molar-refractivity contribution >= 4 is 44.4 Å². The summed E-state index contributed by atoms with van der Waals surface area (Å²) < 4.78 is 78.1. The summed E-state index contributed by atoms with van der Waals surface area (Å²) in [6, 6.07) is 32.2. The molecule has 5 aromatic rings. The minimum absolute atomic E-state index is 0.0384. The molecule has 5 rings (SSSR count). The third kappa shape index (κ3) is 11.3. The summed E-state index contributed by atoms with van der Waals surface area (Å²) in [6.07, 6.45) is 2.40. The first-order chi connectivity index (χ1) is 22.5. The van der Waals surface area contributed by atoms with E-state index in [-0.39, 0.29) is 18.1 Å². The Balaban J connectivity index is 0.000000671. The molecule has 5 nitrogen and oxygen atoms in total. The number of halogens is 6. The zero-order valence-electron chi connectivity index (χ0n) is 26.2. The zero-order chi connectivity index (χ0) is 35.0. The van der Waals surface area contributed by atoms with E-state index in [9.17, 15) is 34.8 Å². The molecule has 48 heavy (non-hydrogen) atoms. The number of ether oxygens (including phenoxy) is 3. The van der Waals surface area contributed by atoms with Crippen LogP contribution in [0.15, 0.2) is 102 Å². The van der Waals surface area contributed by atoms with Gasteiger partial charge in [0.25, 0.3) is 0 Å². The van der Waals surface area contributed by atoms with Crippen LogP contribution in [0.3, 0.4) is 0 Å². The molecule has 0 amide bonds. The Labute approximate surface area is 276 Å². The van der Waals surface area contributed by atoms with Gasteiger partial charge in [-0.2, -0.15) is 0 Å². The molecule has 13 heteroatoms. The second-order valence-corrected chi connectivity index (χ2v) is 14.8. The van der Waals surface area contributed by atoms with Gasteiger partial charge in [-0.25, -0.2) is 4.79 Å². The Morgan fingerprint density at radius 3 is 2.02 bits per heavy atom. The van der Waals surface area contributed by atoms with Crippen molar-refractivity contribution in [3.05, 3.63) is 107 Å². The van der Waals surface area contributed by atoms with Crippen molar-refractivity contribution in [1.29, 1.82) is 0 Å². The molecule has 0 spiro atoms. The first-order valence-electron chi connectivity index (χ1n) is 15.2. The van der Waals surface area contributed by atoms with Gasteiger partial charge < -0.3 is 14.2 Å². The maximum absolute atomic E-state index is 13.6. The molecule has 0 N–H and O–H groups in total. The van der Waals surface area contributed by atoms with Crippen LogP contribution >= 0.6 is 18.3 Å². The van der Waals surface area contributed by atoms with E-state index < -0.39 is 24.2 Å². The molecule has 2 unspecified atom stereocenters. The van der Waals surface area contributed by atoms with Crippen LogP contribution in [0.25, 0.3) is 36.2 Å². The molecule has 1 heterocycles. The first kappa shape index (κ1) is 36.8. The number of carbonyl (C=O) groups is 1. The standard InChI is InChI=1S/C35H35O5S.F6P/c1-3-5-21-38-23-27(4-2)40-34(36)24-39-28-17-20-33-31(22-28)35(37)30-13-9-10-14-32(30)41(33)29-18-15-26(16-19-29)25-11-7-6-8-12-25;1-7(2,3,4,5)6/h6-20,22,27H,3-5,21,23-24H2,1-2H3;/q+1;-1. The van der Waals surface area contributed by atoms with E-state index in [1.807, 2.05) is 61.5 Å². The second-order valence-electron chi connectivity index (χ2n) is 10.9. The molecule has 0 bridgehead atoms. The number of fused-ring (bicyclic) bond motifs is 2. The van der Waals surface area contributed by atoms with Gasteiger partial charge >= 0.3 is 39.0 Å². The van der Waals surface area contributed by atoms with E-state index in [1.54, 1.807) is 6.07 Å². The predicted molar refractivity (Wildman–Crippen MR) is 182 cm³/mol. The van der Waals surface area contributed by atoms with Gasteiger partial charge in [0.2, 0.25) is 5.43 Å². The molecule has 2 atom stereocenters. The van der Waals surface area contributed by atoms with Crippen LogP contribution in [0.2, 0.25) is 0 Å². The summed E-state index contributed by atoms with van der Waals surface area (Å²) >= 11 is 0. The molecule has 1 aromatic heterocycles. The first-order valence-corrected chi connectivity index (χ1v) is 18.4. The normalized spacial score (nSPS) is 14.0. The summed E-state index contributed by atoms with van der Waals surface area (Å²) in [5, 5.41) is 1.29. The molecule has 0 aliphatic heterocycles. The van der Waals surface area contributed by atoms with E-state index in [0.29, 0.717) is 36.2 Å². The van der Waals surface area contributed by atoms with Crippen LogP contribution in [0.1, 0.15) is 33.1 Å². The van der Waals surface area contributed by atoms with Crippen LogP contribution in [0.5, 0.6) is 5.75 Å². The summed E-state index contributed by atoms with van der Waals surface area (Å²) in [5.41, 5.74) is 2.27. The molecular formula is C35H35F6O5PS. The van der Waals surface area contributed by atoms with E-state index in [0.717, 1.165) is 38.3 Å². The predicted octanol–water partition coefficient (Wildman–Crippen LogP) is 11.7. The van der Waals surface area contributed by atoms with Crippen LogP contribution in [0, 0.1) is 0 Å². The Morgan fingerprint density at radius 2 is 1.38 bits per heavy atom. The fraction of sp³-hybridized carbons (Fsp3) is 0.257. The zero-order valence-corrected chi connectivity index (χ0v) is 27.9. The Morgan fingerprint density at radius 1 is 0.771 bits per heavy atom. The number of hydrogen-bond acceptors (Lipinski definition) is 5. The van der Waals surface area contributed by atoms with Crippen molar-refractivity contribution in [2.24, 2.45) is 0 Å². The van der Waals surface area contributed by atoms with Crippen LogP contribution in [0.4, 0.5) is 25.2 Å². The topological polar surface area (TPSA) is 61.8 Å². The molecule has 258 valence electrons. The fourth-order valence-electron chi connectivity index (χ4n) is 4.78. The molecule has 0 aliphatic rings. The van der Waals surface area contributed by atoms with Gasteiger partial charge in [-0.1, -0.05) is 62.7 Å². The summed E-state index contributed by atoms with van der Waals surface area (Å²) in [5.74, 6) is 0.00671. The van der Waals surface area contributed by atoms with E-state index in [2.05, 4.69) is 43.3 Å². The third-order valence-electron chi connectivity index (χ3n) is 7.02. The summed E-state index contributed by atoms with van der Waals surface area (Å²) in [6.45, 7) is 4.87. The van der Waals surface area contributed by atoms with Gasteiger partial charge in [-0.15, -0.1) is 0 Å². The Hall–Kier alpha value is -3.99. The Bertz CT molecular complexity index is 1900. The maximum atomic E-state index is 13.6. The van der Waals surface area contributed by atoms with Gasteiger partial charge in [0.15, 0.2) is 20.9 Å². The SMILES string of the molecule is CCCCOCC(CC)OC(=O)COc1ccc2c(c1)c(=O)c1ccccc1[s+]2-c1ccc(-c2ccccc2)cc1.F[P-](F)(F)(F)(F)F. The monoisotopic (exact) mass is 712 g/mol. The number of esters is 1. The average molecular weight is 713 g/mol. The molecule has 0 aliphatic carbocycles. The number of hydrogen-bond donors (Lipinski definition) is 0. The van der Waals surface area contributed by atoms with Crippen LogP contribution in [-0.4, -0.2) is 31.9 Å². The molecular weight excluding hydrogens is 677 g/mol. The molecule has 0 radical (unpaired) electrons. The fourth-order valence-corrected chi connectivity index (χ4v) is 7.10. The van der Waals surface area contributed by atoms with Crippen molar-refractivity contribution in [3.63, 3.8) is 0 Å². The molecule has 0 saturated heterocycles. The third-order valence-corrected chi connectivity index (χ3v) is 9.36. The number of carbonyl (C=O) groups excluding carboxylic acids is 1. The number of rotatable bonds is 12. The average Bonchev–Trinajstić information content (AvgIpc) is 3.04. The van der Waals surface area contributed by atoms with Gasteiger partial charge in [0.1, 0.15) is 11.9 Å². The van der Waals surface area contributed by atoms with Gasteiger partial charge in [0, 0.05) is 23.1 Å². The molecule has 0 saturated carbocycles. The number of benzene rings is 4. The Kier molecular flexibility index (Phi) is 11.2. The van der Waals surface area contributed by atoms with Gasteiger partial charge in [-0.05, 0) is 72.5 Å². The molecule has 4 aromatic carbocycles. The number of unbranched alkanes of at least 4 members (excludes halogenated alkanes) is 1. The van der Waals surface area contributed by atoms with Crippen molar-refractivity contribution in [2.45, 2.75) is 39.2 Å². The van der Waals surface area contributed by atoms with Crippen LogP contribution < -0.4 is 10.2 Å². The second kappa shape index (κ2) is 14.6. The van der Waals surface area contributed by atoms with Crippen molar-refractivity contribution < 1.29 is 44.2 Å². The van der Waals surface area contributed by atoms with E-state index in [1.165, 1.54) is 0 Å². The molecule has 0 fully saturated rings. The van der Waals surface area contributed by atoms with Crippen molar-refractivity contribution in [1.82, 2.24) is 0 Å². The van der Waals surface area contributed by atoms with E-state index >= 15 is 0 Å². The van der Waals surface area contributed by atoms with Crippen molar-refractivity contribution in [3.8, 4) is 21.8 Å². The van der Waals surface area contributed by atoms with Gasteiger partial charge in [0.05, 0.1) is 17.4 Å². The summed E-state index contributed by atoms with van der Waals surface area (Å²) in [7, 11) is -11.1. The quantitative estimate of drug-likeness (QED) is 0.0322. The van der Waals surface area contributed by atoms with Crippen molar-refractivity contribution in [2.75, 3.05) is 19.8 Å².